The molecule has 0 unspecified atom stereocenters. The summed E-state index contributed by atoms with van der Waals surface area (Å²) >= 11 is 0. The van der Waals surface area contributed by atoms with Crippen molar-refractivity contribution in [3.05, 3.63) is 0 Å². The fourth-order valence-electron chi connectivity index (χ4n) is 1.37. The fraction of sp³-hybridized carbons (Fsp3) is 0.667. The van der Waals surface area contributed by atoms with Gasteiger partial charge in [0.2, 0.25) is 0 Å². The maximum absolute atomic E-state index is 11.1. The molecule has 0 aromatic heterocycles. The van der Waals surface area contributed by atoms with Crippen LogP contribution in [0.5, 0.6) is 0 Å². The summed E-state index contributed by atoms with van der Waals surface area (Å²) in [6, 6.07) is -0.416. The van der Waals surface area contributed by atoms with E-state index in [1.54, 1.807) is 0 Å². The molecular formula is C6H8N2O3. The van der Waals surface area contributed by atoms with Crippen LogP contribution in [0.25, 0.3) is 0 Å². The molecule has 60 valence electrons. The number of carbonyl (C=O) groups is 2. The highest BCUT2D eigenvalue weighted by molar-refractivity contribution is 6.07. The predicted octanol–water partition coefficient (Wildman–Crippen LogP) is -1.02. The van der Waals surface area contributed by atoms with Crippen LogP contribution in [0.3, 0.4) is 0 Å². The summed E-state index contributed by atoms with van der Waals surface area (Å²) in [4.78, 5) is 21.9. The van der Waals surface area contributed by atoms with E-state index in [4.69, 9.17) is 4.74 Å². The van der Waals surface area contributed by atoms with E-state index in [1.807, 2.05) is 0 Å². The van der Waals surface area contributed by atoms with Crippen molar-refractivity contribution in [2.24, 2.45) is 0 Å². The number of urea groups is 1. The molecule has 2 fully saturated rings. The molecule has 2 rings (SSSR count). The topological polar surface area (TPSA) is 67.4 Å². The van der Waals surface area contributed by atoms with E-state index in [0.717, 1.165) is 0 Å². The Hall–Kier alpha value is -1.10. The molecule has 1 spiro atoms. The van der Waals surface area contributed by atoms with Crippen molar-refractivity contribution in [1.29, 1.82) is 0 Å². The molecule has 0 saturated carbocycles. The normalized spacial score (nSPS) is 36.0. The summed E-state index contributed by atoms with van der Waals surface area (Å²) in [5, 5.41) is 4.73. The molecule has 0 radical (unpaired) electrons. The Bertz CT molecular complexity index is 220. The van der Waals surface area contributed by atoms with E-state index in [2.05, 4.69) is 10.6 Å². The molecule has 3 amide bonds. The van der Waals surface area contributed by atoms with Gasteiger partial charge in [0.1, 0.15) is 5.54 Å². The Balaban J connectivity index is 2.24. The maximum atomic E-state index is 11.1. The van der Waals surface area contributed by atoms with Crippen LogP contribution < -0.4 is 10.6 Å². The second-order valence-corrected chi connectivity index (χ2v) is 2.79. The van der Waals surface area contributed by atoms with Gasteiger partial charge in [-0.3, -0.25) is 10.1 Å². The largest absolute Gasteiger partial charge is 0.378 e. The lowest BCUT2D eigenvalue weighted by atomic mass is 10.00. The van der Waals surface area contributed by atoms with Crippen LogP contribution in [0.15, 0.2) is 0 Å². The maximum Gasteiger partial charge on any atom is 0.322 e. The van der Waals surface area contributed by atoms with Crippen LogP contribution in [-0.2, 0) is 9.53 Å². The van der Waals surface area contributed by atoms with E-state index >= 15 is 0 Å². The molecule has 0 bridgehead atoms. The summed E-state index contributed by atoms with van der Waals surface area (Å²) in [6.07, 6.45) is 0.574. The Kier molecular flexibility index (Phi) is 1.17. The first-order valence-corrected chi connectivity index (χ1v) is 3.44. The number of nitrogens with one attached hydrogen (secondary N) is 2. The number of hydrogen-bond acceptors (Lipinski definition) is 3. The van der Waals surface area contributed by atoms with E-state index in [-0.39, 0.29) is 5.91 Å². The van der Waals surface area contributed by atoms with Gasteiger partial charge in [-0.25, -0.2) is 4.79 Å². The van der Waals surface area contributed by atoms with Crippen molar-refractivity contribution in [3.8, 4) is 0 Å². The van der Waals surface area contributed by atoms with Crippen molar-refractivity contribution in [2.75, 3.05) is 13.2 Å². The molecule has 0 aromatic carbocycles. The molecule has 2 aliphatic rings. The SMILES string of the molecule is O=C1NC(=O)[C@]2(CCOC2)N1. The van der Waals surface area contributed by atoms with Crippen LogP contribution in [0.2, 0.25) is 0 Å². The fourth-order valence-corrected chi connectivity index (χ4v) is 1.37. The molecule has 5 heteroatoms. The Morgan fingerprint density at radius 1 is 1.45 bits per heavy atom. The number of amides is 3. The highest BCUT2D eigenvalue weighted by atomic mass is 16.5. The molecule has 11 heavy (non-hydrogen) atoms. The van der Waals surface area contributed by atoms with Gasteiger partial charge in [-0.1, -0.05) is 0 Å². The van der Waals surface area contributed by atoms with E-state index in [0.29, 0.717) is 19.6 Å². The third kappa shape index (κ3) is 0.808. The molecular weight excluding hydrogens is 148 g/mol. The van der Waals surface area contributed by atoms with Crippen molar-refractivity contribution >= 4 is 11.9 Å². The monoisotopic (exact) mass is 156 g/mol. The summed E-state index contributed by atoms with van der Waals surface area (Å²) in [5.41, 5.74) is -0.753. The number of imide groups is 1. The minimum atomic E-state index is -0.753. The number of carbonyl (C=O) groups excluding carboxylic acids is 2. The van der Waals surface area contributed by atoms with Crippen molar-refractivity contribution in [1.82, 2.24) is 10.6 Å². The molecule has 1 atom stereocenters. The van der Waals surface area contributed by atoms with Crippen molar-refractivity contribution < 1.29 is 14.3 Å². The van der Waals surface area contributed by atoms with Crippen LogP contribution in [-0.4, -0.2) is 30.7 Å². The molecule has 2 heterocycles. The highest BCUT2D eigenvalue weighted by Gasteiger charge is 2.48. The molecule has 2 saturated heterocycles. The van der Waals surface area contributed by atoms with Gasteiger partial charge in [-0.05, 0) is 0 Å². The van der Waals surface area contributed by atoms with E-state index < -0.39 is 11.6 Å². The second-order valence-electron chi connectivity index (χ2n) is 2.79. The van der Waals surface area contributed by atoms with Gasteiger partial charge in [0, 0.05) is 13.0 Å². The summed E-state index contributed by atoms with van der Waals surface area (Å²) in [5.74, 6) is -0.264. The van der Waals surface area contributed by atoms with Gasteiger partial charge in [0.25, 0.3) is 5.91 Å². The molecule has 2 aliphatic heterocycles. The third-order valence-electron chi connectivity index (χ3n) is 2.04. The van der Waals surface area contributed by atoms with Crippen LogP contribution in [0, 0.1) is 0 Å². The first-order chi connectivity index (χ1) is 5.23. The average molecular weight is 156 g/mol. The Morgan fingerprint density at radius 2 is 2.27 bits per heavy atom. The number of rotatable bonds is 0. The van der Waals surface area contributed by atoms with Gasteiger partial charge in [-0.2, -0.15) is 0 Å². The first kappa shape index (κ1) is 6.60. The molecule has 5 nitrogen and oxygen atoms in total. The Morgan fingerprint density at radius 3 is 2.73 bits per heavy atom. The second kappa shape index (κ2) is 1.94. The third-order valence-corrected chi connectivity index (χ3v) is 2.04. The summed E-state index contributed by atoms with van der Waals surface area (Å²) < 4.78 is 5.03. The quantitative estimate of drug-likeness (QED) is 0.441. The highest BCUT2D eigenvalue weighted by Crippen LogP contribution is 2.21. The number of ether oxygens (including phenoxy) is 1. The molecule has 0 aromatic rings. The average Bonchev–Trinajstić information content (AvgIpc) is 2.45. The summed E-state index contributed by atoms with van der Waals surface area (Å²) in [7, 11) is 0. The minimum Gasteiger partial charge on any atom is -0.378 e. The zero-order chi connectivity index (χ0) is 7.90. The van der Waals surface area contributed by atoms with Crippen molar-refractivity contribution in [3.63, 3.8) is 0 Å². The van der Waals surface area contributed by atoms with E-state index in [9.17, 15) is 9.59 Å². The number of hydrogen-bond donors (Lipinski definition) is 2. The Labute approximate surface area is 63.1 Å². The van der Waals surface area contributed by atoms with Gasteiger partial charge in [0.15, 0.2) is 0 Å². The standard InChI is InChI=1S/C6H8N2O3/c9-4-6(1-2-11-3-6)8-5(10)7-4/h1-3H2,(H2,7,8,9,10)/t6-/m1/s1. The van der Waals surface area contributed by atoms with Crippen LogP contribution in [0.1, 0.15) is 6.42 Å². The van der Waals surface area contributed by atoms with Gasteiger partial charge >= 0.3 is 6.03 Å². The minimum absolute atomic E-state index is 0.264. The lowest BCUT2D eigenvalue weighted by Crippen LogP contribution is -2.47. The smallest absolute Gasteiger partial charge is 0.322 e. The van der Waals surface area contributed by atoms with Gasteiger partial charge in [-0.15, -0.1) is 0 Å². The predicted molar refractivity (Wildman–Crippen MR) is 34.8 cm³/mol. The lowest BCUT2D eigenvalue weighted by Gasteiger charge is -2.15. The van der Waals surface area contributed by atoms with Gasteiger partial charge < -0.3 is 10.1 Å². The zero-order valence-electron chi connectivity index (χ0n) is 5.85. The first-order valence-electron chi connectivity index (χ1n) is 3.44. The van der Waals surface area contributed by atoms with E-state index in [1.165, 1.54) is 0 Å². The van der Waals surface area contributed by atoms with Gasteiger partial charge in [0.05, 0.1) is 6.61 Å². The summed E-state index contributed by atoms with van der Waals surface area (Å²) in [6.45, 7) is 0.832. The van der Waals surface area contributed by atoms with Crippen LogP contribution in [0.4, 0.5) is 4.79 Å². The van der Waals surface area contributed by atoms with Crippen LogP contribution >= 0.6 is 0 Å². The zero-order valence-corrected chi connectivity index (χ0v) is 5.85. The van der Waals surface area contributed by atoms with Crippen molar-refractivity contribution in [2.45, 2.75) is 12.0 Å². The lowest BCUT2D eigenvalue weighted by molar-refractivity contribution is -0.123. The molecule has 2 N–H and O–H groups in total. The molecule has 0 aliphatic carbocycles.